The number of carbonyl (C=O) groups excluding carboxylic acids is 1. The largest absolute Gasteiger partial charge is 0.507 e. The first-order valence-electron chi connectivity index (χ1n) is 5.64. The van der Waals surface area contributed by atoms with Gasteiger partial charge in [-0.1, -0.05) is 23.7 Å². The van der Waals surface area contributed by atoms with E-state index in [0.717, 1.165) is 6.07 Å². The third-order valence-electron chi connectivity index (χ3n) is 2.73. The van der Waals surface area contributed by atoms with Crippen LogP contribution in [0.15, 0.2) is 30.3 Å². The molecule has 0 aliphatic carbocycles. The summed E-state index contributed by atoms with van der Waals surface area (Å²) in [4.78, 5) is 12.0. The fourth-order valence-electron chi connectivity index (χ4n) is 1.68. The first-order chi connectivity index (χ1) is 9.40. The summed E-state index contributed by atoms with van der Waals surface area (Å²) < 4.78 is 26.5. The van der Waals surface area contributed by atoms with Gasteiger partial charge in [-0.25, -0.2) is 8.78 Å². The highest BCUT2D eigenvalue weighted by atomic mass is 35.5. The van der Waals surface area contributed by atoms with Crippen LogP contribution >= 0.6 is 11.6 Å². The molecule has 1 amide bonds. The zero-order valence-electron chi connectivity index (χ0n) is 10.4. The predicted molar refractivity (Wildman–Crippen MR) is 72.2 cm³/mol. The maximum atomic E-state index is 13.6. The Hall–Kier alpha value is -2.14. The zero-order valence-corrected chi connectivity index (χ0v) is 11.1. The van der Waals surface area contributed by atoms with E-state index in [1.54, 1.807) is 19.1 Å². The molecule has 0 unspecified atom stereocenters. The van der Waals surface area contributed by atoms with E-state index in [1.807, 2.05) is 0 Å². The summed E-state index contributed by atoms with van der Waals surface area (Å²) >= 11 is 5.68. The predicted octanol–water partition coefficient (Wildman–Crippen LogP) is 3.88. The Kier molecular flexibility index (Phi) is 3.90. The molecular weight excluding hydrogens is 288 g/mol. The molecule has 0 heterocycles. The van der Waals surface area contributed by atoms with Crippen molar-refractivity contribution in [3.05, 3.63) is 58.1 Å². The van der Waals surface area contributed by atoms with Crippen LogP contribution in [-0.4, -0.2) is 11.0 Å². The number of amides is 1. The van der Waals surface area contributed by atoms with Gasteiger partial charge in [0.2, 0.25) is 0 Å². The highest BCUT2D eigenvalue weighted by Crippen LogP contribution is 2.28. The molecule has 0 aliphatic heterocycles. The minimum atomic E-state index is -0.990. The Labute approximate surface area is 118 Å². The van der Waals surface area contributed by atoms with Gasteiger partial charge < -0.3 is 10.4 Å². The van der Waals surface area contributed by atoms with Crippen LogP contribution in [0.4, 0.5) is 14.5 Å². The number of hydrogen-bond acceptors (Lipinski definition) is 2. The second-order valence-electron chi connectivity index (χ2n) is 4.17. The SMILES string of the molecule is Cc1cccc(C(=O)Nc2c(F)cc(F)cc2Cl)c1O. The minimum Gasteiger partial charge on any atom is -0.507 e. The lowest BCUT2D eigenvalue weighted by Crippen LogP contribution is -2.14. The molecule has 0 radical (unpaired) electrons. The fourth-order valence-corrected chi connectivity index (χ4v) is 1.93. The molecule has 0 fully saturated rings. The molecule has 0 saturated heterocycles. The van der Waals surface area contributed by atoms with E-state index < -0.39 is 17.5 Å². The number of nitrogens with one attached hydrogen (secondary N) is 1. The Morgan fingerprint density at radius 3 is 2.65 bits per heavy atom. The fraction of sp³-hybridized carbons (Fsp3) is 0.0714. The third kappa shape index (κ3) is 2.72. The molecule has 0 aliphatic rings. The Bertz CT molecular complexity index is 666. The van der Waals surface area contributed by atoms with Crippen molar-refractivity contribution in [2.24, 2.45) is 0 Å². The summed E-state index contributed by atoms with van der Waals surface area (Å²) in [6.07, 6.45) is 0. The molecule has 3 nitrogen and oxygen atoms in total. The molecule has 0 spiro atoms. The van der Waals surface area contributed by atoms with E-state index in [1.165, 1.54) is 6.07 Å². The Morgan fingerprint density at radius 1 is 1.30 bits per heavy atom. The molecule has 0 saturated carbocycles. The van der Waals surface area contributed by atoms with Crippen LogP contribution in [0.1, 0.15) is 15.9 Å². The highest BCUT2D eigenvalue weighted by Gasteiger charge is 2.17. The van der Waals surface area contributed by atoms with E-state index in [4.69, 9.17) is 11.6 Å². The number of para-hydroxylation sites is 1. The van der Waals surface area contributed by atoms with Crippen LogP contribution in [-0.2, 0) is 0 Å². The van der Waals surface area contributed by atoms with Gasteiger partial charge >= 0.3 is 0 Å². The van der Waals surface area contributed by atoms with Gasteiger partial charge in [0.05, 0.1) is 16.3 Å². The monoisotopic (exact) mass is 297 g/mol. The van der Waals surface area contributed by atoms with Crippen molar-refractivity contribution in [2.75, 3.05) is 5.32 Å². The molecule has 2 rings (SSSR count). The molecule has 104 valence electrons. The smallest absolute Gasteiger partial charge is 0.259 e. The molecule has 2 aromatic carbocycles. The van der Waals surface area contributed by atoms with Crippen LogP contribution in [0, 0.1) is 18.6 Å². The standard InChI is InChI=1S/C14H10ClF2NO2/c1-7-3-2-4-9(13(7)19)14(20)18-12-10(15)5-8(16)6-11(12)17/h2-6,19H,1H3,(H,18,20). The van der Waals surface area contributed by atoms with Crippen molar-refractivity contribution in [3.63, 3.8) is 0 Å². The van der Waals surface area contributed by atoms with Crippen LogP contribution < -0.4 is 5.32 Å². The van der Waals surface area contributed by atoms with E-state index in [9.17, 15) is 18.7 Å². The third-order valence-corrected chi connectivity index (χ3v) is 3.03. The molecule has 0 bridgehead atoms. The second kappa shape index (κ2) is 5.46. The summed E-state index contributed by atoms with van der Waals surface area (Å²) in [5.74, 6) is -2.78. The summed E-state index contributed by atoms with van der Waals surface area (Å²) in [6.45, 7) is 1.62. The summed E-state index contributed by atoms with van der Waals surface area (Å²) in [5.41, 5.74) is 0.145. The van der Waals surface area contributed by atoms with Gasteiger partial charge in [0.15, 0.2) is 5.82 Å². The van der Waals surface area contributed by atoms with Crippen molar-refractivity contribution in [2.45, 2.75) is 6.92 Å². The van der Waals surface area contributed by atoms with Crippen LogP contribution in [0.2, 0.25) is 5.02 Å². The van der Waals surface area contributed by atoms with E-state index in [0.29, 0.717) is 11.6 Å². The van der Waals surface area contributed by atoms with Gasteiger partial charge in [-0.15, -0.1) is 0 Å². The Morgan fingerprint density at radius 2 is 2.00 bits per heavy atom. The van der Waals surface area contributed by atoms with Gasteiger partial charge in [0.25, 0.3) is 5.91 Å². The van der Waals surface area contributed by atoms with Crippen molar-refractivity contribution in [3.8, 4) is 5.75 Å². The second-order valence-corrected chi connectivity index (χ2v) is 4.58. The summed E-state index contributed by atoms with van der Waals surface area (Å²) in [7, 11) is 0. The maximum absolute atomic E-state index is 13.6. The molecular formula is C14H10ClF2NO2. The van der Waals surface area contributed by atoms with Crippen molar-refractivity contribution >= 4 is 23.2 Å². The van der Waals surface area contributed by atoms with E-state index in [2.05, 4.69) is 5.32 Å². The first kappa shape index (κ1) is 14.3. The van der Waals surface area contributed by atoms with E-state index >= 15 is 0 Å². The number of aromatic hydroxyl groups is 1. The van der Waals surface area contributed by atoms with Gasteiger partial charge in [-0.2, -0.15) is 0 Å². The van der Waals surface area contributed by atoms with Crippen molar-refractivity contribution in [1.29, 1.82) is 0 Å². The molecule has 2 aromatic rings. The van der Waals surface area contributed by atoms with Crippen molar-refractivity contribution < 1.29 is 18.7 Å². The van der Waals surface area contributed by atoms with Gasteiger partial charge in [-0.3, -0.25) is 4.79 Å². The minimum absolute atomic E-state index is 0.0233. The Balaban J connectivity index is 2.36. The first-order valence-corrected chi connectivity index (χ1v) is 6.02. The van der Waals surface area contributed by atoms with Gasteiger partial charge in [0.1, 0.15) is 11.6 Å². The number of anilines is 1. The van der Waals surface area contributed by atoms with Crippen molar-refractivity contribution in [1.82, 2.24) is 0 Å². The molecule has 20 heavy (non-hydrogen) atoms. The number of hydrogen-bond donors (Lipinski definition) is 2. The number of benzene rings is 2. The van der Waals surface area contributed by atoms with Crippen LogP contribution in [0.25, 0.3) is 0 Å². The molecule has 2 N–H and O–H groups in total. The highest BCUT2D eigenvalue weighted by molar-refractivity contribution is 6.34. The molecule has 0 atom stereocenters. The average molecular weight is 298 g/mol. The number of rotatable bonds is 2. The number of halogens is 3. The topological polar surface area (TPSA) is 49.3 Å². The summed E-state index contributed by atoms with van der Waals surface area (Å²) in [5, 5.41) is 11.7. The van der Waals surface area contributed by atoms with Gasteiger partial charge in [0, 0.05) is 6.07 Å². The summed E-state index contributed by atoms with van der Waals surface area (Å²) in [6, 6.07) is 6.07. The lowest BCUT2D eigenvalue weighted by atomic mass is 10.1. The zero-order chi connectivity index (χ0) is 14.9. The molecule has 0 aromatic heterocycles. The normalized spacial score (nSPS) is 10.4. The lowest BCUT2D eigenvalue weighted by Gasteiger charge is -2.10. The maximum Gasteiger partial charge on any atom is 0.259 e. The van der Waals surface area contributed by atoms with Crippen LogP contribution in [0.5, 0.6) is 5.75 Å². The number of carbonyl (C=O) groups is 1. The quantitative estimate of drug-likeness (QED) is 0.883. The number of phenolic OH excluding ortho intramolecular Hbond substituents is 1. The van der Waals surface area contributed by atoms with Gasteiger partial charge in [-0.05, 0) is 24.6 Å². The van der Waals surface area contributed by atoms with E-state index in [-0.39, 0.29) is 22.0 Å². The number of aryl methyl sites for hydroxylation is 1. The number of phenols is 1. The average Bonchev–Trinajstić information content (AvgIpc) is 2.36. The molecule has 6 heteroatoms. The van der Waals surface area contributed by atoms with Crippen LogP contribution in [0.3, 0.4) is 0 Å². The lowest BCUT2D eigenvalue weighted by molar-refractivity contribution is 0.102.